The molecule has 1 atom stereocenters. The zero-order valence-electron chi connectivity index (χ0n) is 16.8. The Labute approximate surface area is 183 Å². The van der Waals surface area contributed by atoms with Gasteiger partial charge in [0.05, 0.1) is 25.6 Å². The number of hydrogen-bond acceptors (Lipinski definition) is 8. The van der Waals surface area contributed by atoms with E-state index in [9.17, 15) is 13.2 Å². The van der Waals surface area contributed by atoms with Crippen LogP contribution in [0.5, 0.6) is 17.2 Å². The molecule has 1 amide bonds. The molecule has 0 aliphatic carbocycles. The number of amides is 1. The van der Waals surface area contributed by atoms with Gasteiger partial charge in [-0.25, -0.2) is 13.4 Å². The molecule has 0 saturated carbocycles. The standard InChI is InChI=1S/C20H19N3O6S2/c1-11-19(24)21-14-8-12(4-6-16(14)29-11)15-10-30-20(22-15)23-31(25,26)18-9-13(27-2)5-7-17(18)28-3/h4-11H,1-3H3,(H,21,24)(H,22,23). The molecule has 0 radical (unpaired) electrons. The molecular weight excluding hydrogens is 442 g/mol. The smallest absolute Gasteiger partial charge is 0.267 e. The van der Waals surface area contributed by atoms with E-state index in [1.807, 2.05) is 0 Å². The van der Waals surface area contributed by atoms with E-state index < -0.39 is 16.1 Å². The summed E-state index contributed by atoms with van der Waals surface area (Å²) in [6.07, 6.45) is -0.563. The summed E-state index contributed by atoms with van der Waals surface area (Å²) in [6.45, 7) is 1.67. The minimum Gasteiger partial charge on any atom is -0.497 e. The highest BCUT2D eigenvalue weighted by Gasteiger charge is 2.25. The first-order valence-electron chi connectivity index (χ1n) is 9.13. The molecule has 11 heteroatoms. The molecule has 0 saturated heterocycles. The number of sulfonamides is 1. The zero-order chi connectivity index (χ0) is 22.2. The van der Waals surface area contributed by atoms with Crippen LogP contribution in [0.1, 0.15) is 6.92 Å². The largest absolute Gasteiger partial charge is 0.497 e. The molecule has 9 nitrogen and oxygen atoms in total. The van der Waals surface area contributed by atoms with Crippen LogP contribution in [0.3, 0.4) is 0 Å². The van der Waals surface area contributed by atoms with Gasteiger partial charge in [-0.3, -0.25) is 9.52 Å². The second-order valence-electron chi connectivity index (χ2n) is 6.62. The first-order chi connectivity index (χ1) is 14.8. The van der Waals surface area contributed by atoms with Gasteiger partial charge >= 0.3 is 0 Å². The lowest BCUT2D eigenvalue weighted by Crippen LogP contribution is -2.34. The number of rotatable bonds is 6. The number of fused-ring (bicyclic) bond motifs is 1. The molecule has 4 rings (SSSR count). The monoisotopic (exact) mass is 461 g/mol. The van der Waals surface area contributed by atoms with Gasteiger partial charge in [-0.1, -0.05) is 0 Å². The fraction of sp³-hybridized carbons (Fsp3) is 0.200. The van der Waals surface area contributed by atoms with Gasteiger partial charge in [-0.05, 0) is 37.3 Å². The summed E-state index contributed by atoms with van der Waals surface area (Å²) < 4.78 is 44.1. The van der Waals surface area contributed by atoms with Crippen molar-refractivity contribution in [1.82, 2.24) is 4.98 Å². The summed E-state index contributed by atoms with van der Waals surface area (Å²) in [6, 6.07) is 9.77. The first-order valence-corrected chi connectivity index (χ1v) is 11.5. The van der Waals surface area contributed by atoms with Gasteiger partial charge in [-0.2, -0.15) is 0 Å². The van der Waals surface area contributed by atoms with E-state index in [-0.39, 0.29) is 21.7 Å². The molecule has 0 bridgehead atoms. The Kier molecular flexibility index (Phi) is 5.46. The van der Waals surface area contributed by atoms with Crippen LogP contribution in [0.15, 0.2) is 46.7 Å². The summed E-state index contributed by atoms with van der Waals surface area (Å²) in [5.74, 6) is 0.902. The van der Waals surface area contributed by atoms with Crippen molar-refractivity contribution in [3.05, 3.63) is 41.8 Å². The van der Waals surface area contributed by atoms with Crippen LogP contribution < -0.4 is 24.2 Å². The third-order valence-electron chi connectivity index (χ3n) is 4.59. The lowest BCUT2D eigenvalue weighted by atomic mass is 10.1. The zero-order valence-corrected chi connectivity index (χ0v) is 18.5. The minimum absolute atomic E-state index is 0.0612. The Morgan fingerprint density at radius 1 is 1.16 bits per heavy atom. The molecule has 2 aromatic carbocycles. The number of methoxy groups -OCH3 is 2. The van der Waals surface area contributed by atoms with Gasteiger partial charge in [-0.15, -0.1) is 11.3 Å². The number of benzene rings is 2. The third kappa shape index (κ3) is 4.14. The van der Waals surface area contributed by atoms with Gasteiger partial charge in [0.1, 0.15) is 22.1 Å². The molecule has 31 heavy (non-hydrogen) atoms. The number of thiazole rings is 1. The van der Waals surface area contributed by atoms with E-state index in [2.05, 4.69) is 15.0 Å². The number of aromatic nitrogens is 1. The quantitative estimate of drug-likeness (QED) is 0.578. The van der Waals surface area contributed by atoms with E-state index >= 15 is 0 Å². The van der Waals surface area contributed by atoms with Crippen LogP contribution in [0.4, 0.5) is 10.8 Å². The average Bonchev–Trinajstić information content (AvgIpc) is 3.21. The van der Waals surface area contributed by atoms with Crippen molar-refractivity contribution in [3.63, 3.8) is 0 Å². The molecule has 1 aromatic heterocycles. The van der Waals surface area contributed by atoms with Crippen molar-refractivity contribution < 1.29 is 27.4 Å². The van der Waals surface area contributed by atoms with Crippen molar-refractivity contribution in [1.29, 1.82) is 0 Å². The Bertz CT molecular complexity index is 1260. The van der Waals surface area contributed by atoms with Crippen LogP contribution in [0, 0.1) is 0 Å². The number of anilines is 2. The summed E-state index contributed by atoms with van der Waals surface area (Å²) in [5.41, 5.74) is 1.80. The van der Waals surface area contributed by atoms with Gasteiger partial charge in [0, 0.05) is 17.0 Å². The predicted octanol–water partition coefficient (Wildman–Crippen LogP) is 3.35. The fourth-order valence-electron chi connectivity index (χ4n) is 2.99. The van der Waals surface area contributed by atoms with E-state index in [4.69, 9.17) is 14.2 Å². The maximum atomic E-state index is 12.9. The average molecular weight is 462 g/mol. The first kappa shape index (κ1) is 20.9. The van der Waals surface area contributed by atoms with Crippen LogP contribution in [0.25, 0.3) is 11.3 Å². The summed E-state index contributed by atoms with van der Waals surface area (Å²) >= 11 is 1.14. The highest BCUT2D eigenvalue weighted by molar-refractivity contribution is 7.93. The van der Waals surface area contributed by atoms with E-state index in [1.165, 1.54) is 26.4 Å². The Balaban J connectivity index is 1.60. The molecule has 0 spiro atoms. The molecule has 3 aromatic rings. The normalized spacial score (nSPS) is 15.5. The Morgan fingerprint density at radius 3 is 2.71 bits per heavy atom. The summed E-state index contributed by atoms with van der Waals surface area (Å²) in [7, 11) is -1.13. The maximum absolute atomic E-state index is 12.9. The van der Waals surface area contributed by atoms with Crippen LogP contribution in [-0.4, -0.2) is 39.6 Å². The molecule has 162 valence electrons. The number of hydrogen-bond donors (Lipinski definition) is 2. The minimum atomic E-state index is -3.97. The second-order valence-corrected chi connectivity index (χ2v) is 9.13. The molecule has 1 aliphatic heterocycles. The SMILES string of the molecule is COc1ccc(OC)c(S(=O)(=O)Nc2nc(-c3ccc4c(c3)NC(=O)C(C)O4)cs2)c1. The van der Waals surface area contributed by atoms with Crippen molar-refractivity contribution in [2.75, 3.05) is 24.3 Å². The van der Waals surface area contributed by atoms with Crippen molar-refractivity contribution in [2.24, 2.45) is 0 Å². The Hall–Kier alpha value is -3.31. The van der Waals surface area contributed by atoms with Gasteiger partial charge in [0.25, 0.3) is 15.9 Å². The van der Waals surface area contributed by atoms with Crippen molar-refractivity contribution in [2.45, 2.75) is 17.9 Å². The van der Waals surface area contributed by atoms with E-state index in [1.54, 1.807) is 36.6 Å². The predicted molar refractivity (Wildman–Crippen MR) is 117 cm³/mol. The molecule has 1 unspecified atom stereocenters. The lowest BCUT2D eigenvalue weighted by Gasteiger charge is -2.23. The summed E-state index contributed by atoms with van der Waals surface area (Å²) in [5, 5.41) is 4.69. The second kappa shape index (κ2) is 8.08. The van der Waals surface area contributed by atoms with Crippen molar-refractivity contribution >= 4 is 38.1 Å². The number of nitrogens with zero attached hydrogens (tertiary/aromatic N) is 1. The van der Waals surface area contributed by atoms with Gasteiger partial charge in [0.2, 0.25) is 0 Å². The lowest BCUT2D eigenvalue weighted by molar-refractivity contribution is -0.122. The van der Waals surface area contributed by atoms with Crippen molar-refractivity contribution in [3.8, 4) is 28.5 Å². The number of nitrogens with one attached hydrogen (secondary N) is 2. The number of ether oxygens (including phenoxy) is 3. The highest BCUT2D eigenvalue weighted by atomic mass is 32.2. The van der Waals surface area contributed by atoms with Gasteiger partial charge < -0.3 is 19.5 Å². The van der Waals surface area contributed by atoms with Gasteiger partial charge in [0.15, 0.2) is 11.2 Å². The van der Waals surface area contributed by atoms with E-state index in [0.717, 1.165) is 11.3 Å². The molecular formula is C20H19N3O6S2. The van der Waals surface area contributed by atoms with E-state index in [0.29, 0.717) is 28.4 Å². The van der Waals surface area contributed by atoms with Crippen LogP contribution in [0.2, 0.25) is 0 Å². The molecule has 0 fully saturated rings. The van der Waals surface area contributed by atoms with Crippen LogP contribution >= 0.6 is 11.3 Å². The van der Waals surface area contributed by atoms with Crippen LogP contribution in [-0.2, 0) is 14.8 Å². The maximum Gasteiger partial charge on any atom is 0.267 e. The Morgan fingerprint density at radius 2 is 1.97 bits per heavy atom. The topological polar surface area (TPSA) is 116 Å². The molecule has 1 aliphatic rings. The molecule has 2 heterocycles. The fourth-order valence-corrected chi connectivity index (χ4v) is 5.14. The third-order valence-corrected chi connectivity index (χ3v) is 6.84. The summed E-state index contributed by atoms with van der Waals surface area (Å²) in [4.78, 5) is 16.2. The highest BCUT2D eigenvalue weighted by Crippen LogP contribution is 2.36. The number of carbonyl (C=O) groups is 1. The number of carbonyl (C=O) groups excluding carboxylic acids is 1. The molecule has 2 N–H and O–H groups in total.